The Balaban J connectivity index is -0.0000000546. The number of hydrogen-bond acceptors (Lipinski definition) is 0. The van der Waals surface area contributed by atoms with E-state index < -0.39 is 0 Å². The number of unbranched alkanes of at least 4 members (excludes halogenated alkanes) is 2. The van der Waals surface area contributed by atoms with Crippen LogP contribution in [0.5, 0.6) is 0 Å². The summed E-state index contributed by atoms with van der Waals surface area (Å²) >= 11 is 0. The van der Waals surface area contributed by atoms with Gasteiger partial charge in [-0.3, -0.25) is 0 Å². The molecule has 0 aromatic rings. The minimum Gasteiger partial charge on any atom is -0.0776 e. The minimum absolute atomic E-state index is 0. The summed E-state index contributed by atoms with van der Waals surface area (Å²) in [6.45, 7) is 13.4. The van der Waals surface area contributed by atoms with E-state index in [1.807, 2.05) is 0 Å². The third-order valence-electron chi connectivity index (χ3n) is 1.77. The topological polar surface area (TPSA) is 0 Å². The molecule has 0 atom stereocenters. The Bertz CT molecular complexity index is 60.0. The largest absolute Gasteiger partial charge is 0.0776 e. The van der Waals surface area contributed by atoms with E-state index in [1.165, 1.54) is 25.7 Å². The normalized spacial score (nSPS) is 8.77. The van der Waals surface area contributed by atoms with E-state index in [4.69, 9.17) is 0 Å². The maximum absolute atomic E-state index is 2.24. The zero-order valence-electron chi connectivity index (χ0n) is 9.74. The second-order valence-electron chi connectivity index (χ2n) is 4.27. The van der Waals surface area contributed by atoms with Crippen molar-refractivity contribution < 1.29 is 21.1 Å². The molecule has 0 N–H and O–H groups in total. The molecule has 0 aliphatic carbocycles. The molecule has 84 valence electrons. The summed E-state index contributed by atoms with van der Waals surface area (Å²) in [4.78, 5) is 0. The van der Waals surface area contributed by atoms with Crippen LogP contribution in [-0.2, 0) is 21.1 Å². The third-order valence-corrected chi connectivity index (χ3v) is 1.77. The van der Waals surface area contributed by atoms with Crippen LogP contribution in [0.3, 0.4) is 0 Å². The van der Waals surface area contributed by atoms with Gasteiger partial charge in [0.15, 0.2) is 0 Å². The molecule has 0 bridgehead atoms. The molecule has 0 nitrogen and oxygen atoms in total. The Kier molecular flexibility index (Phi) is 27.4. The molecule has 0 radical (unpaired) electrons. The molecule has 0 saturated carbocycles. The van der Waals surface area contributed by atoms with Gasteiger partial charge in [0.05, 0.1) is 0 Å². The Morgan fingerprint density at radius 3 is 1.08 bits per heavy atom. The average molecular weight is 358 g/mol. The van der Waals surface area contributed by atoms with Gasteiger partial charge in [-0.05, 0) is 5.41 Å². The number of rotatable bonds is 2. The zero-order chi connectivity index (χ0) is 9.33. The van der Waals surface area contributed by atoms with E-state index in [2.05, 4.69) is 41.5 Å². The minimum atomic E-state index is 0. The van der Waals surface area contributed by atoms with Gasteiger partial charge in [-0.2, -0.15) is 0 Å². The third kappa shape index (κ3) is 44.8. The molecule has 0 spiro atoms. The average Bonchev–Trinajstić information content (AvgIpc) is 1.90. The van der Waals surface area contributed by atoms with Gasteiger partial charge >= 0.3 is 0 Å². The monoisotopic (exact) mass is 358 g/mol. The molecule has 0 aliphatic heterocycles. The van der Waals surface area contributed by atoms with Crippen molar-refractivity contribution in [2.75, 3.05) is 0 Å². The maximum Gasteiger partial charge on any atom is 0 e. The van der Waals surface area contributed by atoms with Crippen LogP contribution in [0, 0.1) is 5.41 Å². The molecule has 0 heterocycles. The van der Waals surface area contributed by atoms with Crippen molar-refractivity contribution in [3.8, 4) is 0 Å². The van der Waals surface area contributed by atoms with E-state index in [1.54, 1.807) is 0 Å². The Labute approximate surface area is 101 Å². The van der Waals surface area contributed by atoms with Crippen LogP contribution in [0.25, 0.3) is 0 Å². The smallest absolute Gasteiger partial charge is 0 e. The molecule has 0 fully saturated rings. The van der Waals surface area contributed by atoms with Crippen molar-refractivity contribution in [1.29, 1.82) is 0 Å². The Morgan fingerprint density at radius 2 is 1.08 bits per heavy atom. The van der Waals surface area contributed by atoms with Crippen molar-refractivity contribution in [2.45, 2.75) is 74.7 Å². The van der Waals surface area contributed by atoms with Crippen LogP contribution in [0.2, 0.25) is 0 Å². The van der Waals surface area contributed by atoms with Crippen LogP contribution in [0.4, 0.5) is 0 Å². The van der Waals surface area contributed by atoms with Crippen molar-refractivity contribution in [1.82, 2.24) is 0 Å². The van der Waals surface area contributed by atoms with E-state index in [9.17, 15) is 0 Å². The molecule has 0 aromatic heterocycles. The fourth-order valence-electron chi connectivity index (χ4n) is 0.354. The van der Waals surface area contributed by atoms with Crippen LogP contribution in [0.1, 0.15) is 74.7 Å². The molecule has 0 aromatic carbocycles. The van der Waals surface area contributed by atoms with Gasteiger partial charge in [0.2, 0.25) is 0 Å². The predicted molar refractivity (Wildman–Crippen MR) is 61.7 cm³/mol. The van der Waals surface area contributed by atoms with Crippen molar-refractivity contribution >= 4 is 0 Å². The van der Waals surface area contributed by atoms with E-state index in [0.717, 1.165) is 0 Å². The summed E-state index contributed by atoms with van der Waals surface area (Å²) in [5.74, 6) is 0. The van der Waals surface area contributed by atoms with E-state index in [-0.39, 0.29) is 28.5 Å². The first kappa shape index (κ1) is 23.5. The van der Waals surface area contributed by atoms with Crippen LogP contribution in [0.15, 0.2) is 0 Å². The van der Waals surface area contributed by atoms with Crippen LogP contribution in [-0.4, -0.2) is 0 Å². The second-order valence-corrected chi connectivity index (χ2v) is 4.27. The molecule has 0 aliphatic rings. The quantitative estimate of drug-likeness (QED) is 0.631. The van der Waals surface area contributed by atoms with Crippen molar-refractivity contribution in [2.24, 2.45) is 5.41 Å². The molecule has 1 heteroatoms. The first-order valence-electron chi connectivity index (χ1n) is 4.97. The van der Waals surface area contributed by atoms with Crippen LogP contribution < -0.4 is 0 Å². The van der Waals surface area contributed by atoms with Gasteiger partial charge in [0.25, 0.3) is 0 Å². The van der Waals surface area contributed by atoms with Gasteiger partial charge < -0.3 is 0 Å². The summed E-state index contributed by atoms with van der Waals surface area (Å²) in [7, 11) is 0. The molecule has 0 amide bonds. The van der Waals surface area contributed by atoms with Gasteiger partial charge in [-0.15, -0.1) is 0 Å². The standard InChI is InChI=1S/C6H14.C5H12.CH4.W/c1-5-6(2,3)4;1-3-5-4-2;;/h5H2,1-4H3;3-5H2,1-2H3;1H4;. The fourth-order valence-corrected chi connectivity index (χ4v) is 0.354. The summed E-state index contributed by atoms with van der Waals surface area (Å²) in [5, 5.41) is 0. The Hall–Kier alpha value is 0.688. The summed E-state index contributed by atoms with van der Waals surface area (Å²) in [6.07, 6.45) is 5.35. The summed E-state index contributed by atoms with van der Waals surface area (Å²) in [6, 6.07) is 0. The summed E-state index contributed by atoms with van der Waals surface area (Å²) < 4.78 is 0. The molecule has 13 heavy (non-hydrogen) atoms. The van der Waals surface area contributed by atoms with Crippen molar-refractivity contribution in [3.05, 3.63) is 0 Å². The summed E-state index contributed by atoms with van der Waals surface area (Å²) in [5.41, 5.74) is 0.542. The second kappa shape index (κ2) is 15.2. The SMILES string of the molecule is C.CCC(C)(C)C.CCCCC.[W]. The number of hydrogen-bond donors (Lipinski definition) is 0. The van der Waals surface area contributed by atoms with E-state index >= 15 is 0 Å². The van der Waals surface area contributed by atoms with Gasteiger partial charge in [-0.25, -0.2) is 0 Å². The first-order valence-corrected chi connectivity index (χ1v) is 4.97. The first-order chi connectivity index (χ1) is 4.97. The van der Waals surface area contributed by atoms with Gasteiger partial charge in [0.1, 0.15) is 0 Å². The molecular formula is C12H30W. The van der Waals surface area contributed by atoms with Gasteiger partial charge in [-0.1, -0.05) is 74.7 Å². The van der Waals surface area contributed by atoms with Crippen LogP contribution >= 0.6 is 0 Å². The zero-order valence-corrected chi connectivity index (χ0v) is 12.7. The molecule has 0 unspecified atom stereocenters. The molecule has 0 rings (SSSR count). The van der Waals surface area contributed by atoms with E-state index in [0.29, 0.717) is 5.41 Å². The maximum atomic E-state index is 2.24. The van der Waals surface area contributed by atoms with Gasteiger partial charge in [0, 0.05) is 21.1 Å². The molecular weight excluding hydrogens is 328 g/mol. The Morgan fingerprint density at radius 1 is 0.846 bits per heavy atom. The fraction of sp³-hybridized carbons (Fsp3) is 1.00. The predicted octanol–water partition coefficient (Wildman–Crippen LogP) is 5.27. The molecule has 0 saturated heterocycles. The van der Waals surface area contributed by atoms with Crippen molar-refractivity contribution in [3.63, 3.8) is 0 Å².